The first-order valence-electron chi connectivity index (χ1n) is 5.80. The lowest BCUT2D eigenvalue weighted by Gasteiger charge is -2.15. The van der Waals surface area contributed by atoms with E-state index in [9.17, 15) is 4.79 Å². The number of nitriles is 1. The van der Waals surface area contributed by atoms with Crippen LogP contribution in [-0.2, 0) is 9.53 Å². The topological polar surface area (TPSA) is 108 Å². The van der Waals surface area contributed by atoms with Gasteiger partial charge in [-0.2, -0.15) is 5.26 Å². The summed E-state index contributed by atoms with van der Waals surface area (Å²) in [7, 11) is 1.56. The number of nitrogens with one attached hydrogen (secondary N) is 1. The van der Waals surface area contributed by atoms with Crippen molar-refractivity contribution in [3.8, 4) is 6.07 Å². The van der Waals surface area contributed by atoms with Gasteiger partial charge in [-0.3, -0.25) is 0 Å². The highest BCUT2D eigenvalue weighted by Gasteiger charge is 2.19. The number of anilines is 1. The predicted molar refractivity (Wildman–Crippen MR) is 67.6 cm³/mol. The van der Waals surface area contributed by atoms with Gasteiger partial charge in [0.1, 0.15) is 29.3 Å². The molecular weight excluding hydrogens is 248 g/mol. The predicted octanol–water partition coefficient (Wildman–Crippen LogP) is 0.948. The highest BCUT2D eigenvalue weighted by Crippen LogP contribution is 2.13. The maximum Gasteiger partial charge on any atom is 0.326 e. The van der Waals surface area contributed by atoms with E-state index in [4.69, 9.17) is 15.1 Å². The lowest BCUT2D eigenvalue weighted by molar-refractivity contribution is -0.138. The van der Waals surface area contributed by atoms with E-state index in [2.05, 4.69) is 15.3 Å². The van der Waals surface area contributed by atoms with Crippen LogP contribution in [-0.4, -0.2) is 40.8 Å². The zero-order valence-electron chi connectivity index (χ0n) is 10.9. The van der Waals surface area contributed by atoms with Gasteiger partial charge in [-0.25, -0.2) is 14.8 Å². The Hall–Kier alpha value is -2.20. The van der Waals surface area contributed by atoms with Crippen molar-refractivity contribution in [3.05, 3.63) is 17.6 Å². The molecule has 1 unspecified atom stereocenters. The maximum absolute atomic E-state index is 11.2. The molecule has 0 saturated heterocycles. The van der Waals surface area contributed by atoms with Crippen molar-refractivity contribution in [3.63, 3.8) is 0 Å². The van der Waals surface area contributed by atoms with E-state index in [1.165, 1.54) is 6.20 Å². The summed E-state index contributed by atoms with van der Waals surface area (Å²) in [5.74, 6) is -0.265. The number of methoxy groups -OCH3 is 1. The van der Waals surface area contributed by atoms with Crippen LogP contribution in [0.25, 0.3) is 0 Å². The lowest BCUT2D eigenvalue weighted by Crippen LogP contribution is -2.30. The Labute approximate surface area is 111 Å². The summed E-state index contributed by atoms with van der Waals surface area (Å²) in [6, 6.07) is 1.12. The Morgan fingerprint density at radius 2 is 2.42 bits per heavy atom. The minimum atomic E-state index is -0.990. The normalized spacial score (nSPS) is 11.6. The summed E-state index contributed by atoms with van der Waals surface area (Å²) in [5, 5.41) is 20.8. The van der Waals surface area contributed by atoms with Crippen LogP contribution in [0.15, 0.2) is 6.20 Å². The molecule has 2 N–H and O–H groups in total. The molecule has 0 aliphatic heterocycles. The van der Waals surface area contributed by atoms with Crippen LogP contribution in [0.1, 0.15) is 24.2 Å². The quantitative estimate of drug-likeness (QED) is 0.705. The number of hydrogen-bond acceptors (Lipinski definition) is 6. The van der Waals surface area contributed by atoms with E-state index in [1.807, 2.05) is 6.07 Å². The second kappa shape index (κ2) is 7.28. The number of aryl methyl sites for hydroxylation is 1. The molecule has 1 aromatic heterocycles. The lowest BCUT2D eigenvalue weighted by atomic mass is 10.1. The molecule has 1 heterocycles. The Morgan fingerprint density at radius 3 is 3.00 bits per heavy atom. The van der Waals surface area contributed by atoms with Crippen LogP contribution < -0.4 is 5.32 Å². The molecule has 1 rings (SSSR count). The number of nitrogens with zero attached hydrogens (tertiary/aromatic N) is 3. The van der Waals surface area contributed by atoms with Crippen molar-refractivity contribution < 1.29 is 14.6 Å². The molecule has 0 spiro atoms. The average Bonchev–Trinajstić information content (AvgIpc) is 2.38. The molecule has 102 valence electrons. The van der Waals surface area contributed by atoms with Crippen LogP contribution in [0.2, 0.25) is 0 Å². The molecule has 0 saturated carbocycles. The molecule has 0 aliphatic rings. The van der Waals surface area contributed by atoms with Gasteiger partial charge in [-0.05, 0) is 19.8 Å². The Bertz CT molecular complexity index is 484. The third kappa shape index (κ3) is 4.52. The first kappa shape index (κ1) is 14.9. The number of aliphatic carboxylic acids is 1. The SMILES string of the molecule is COCCCC(Nc1nc(C)ncc1C#N)C(=O)O. The highest BCUT2D eigenvalue weighted by molar-refractivity contribution is 5.77. The molecule has 0 bridgehead atoms. The second-order valence-electron chi connectivity index (χ2n) is 3.96. The van der Waals surface area contributed by atoms with Crippen LogP contribution >= 0.6 is 0 Å². The second-order valence-corrected chi connectivity index (χ2v) is 3.96. The maximum atomic E-state index is 11.2. The third-order valence-electron chi connectivity index (χ3n) is 2.48. The fourth-order valence-electron chi connectivity index (χ4n) is 1.52. The minimum absolute atomic E-state index is 0.226. The molecule has 19 heavy (non-hydrogen) atoms. The van der Waals surface area contributed by atoms with Gasteiger partial charge in [0, 0.05) is 13.7 Å². The number of carbonyl (C=O) groups is 1. The monoisotopic (exact) mass is 264 g/mol. The number of carboxylic acids is 1. The number of ether oxygens (including phenoxy) is 1. The third-order valence-corrected chi connectivity index (χ3v) is 2.48. The van der Waals surface area contributed by atoms with Crippen molar-refractivity contribution in [2.24, 2.45) is 0 Å². The zero-order chi connectivity index (χ0) is 14.3. The summed E-state index contributed by atoms with van der Waals surface area (Å²) in [4.78, 5) is 19.1. The van der Waals surface area contributed by atoms with Crippen LogP contribution in [0.5, 0.6) is 0 Å². The van der Waals surface area contributed by atoms with Gasteiger partial charge in [0.2, 0.25) is 0 Å². The van der Waals surface area contributed by atoms with Crippen molar-refractivity contribution in [2.75, 3.05) is 19.0 Å². The van der Waals surface area contributed by atoms with E-state index in [1.54, 1.807) is 14.0 Å². The summed E-state index contributed by atoms with van der Waals surface area (Å²) < 4.78 is 4.89. The summed E-state index contributed by atoms with van der Waals surface area (Å²) in [6.07, 6.45) is 2.36. The minimum Gasteiger partial charge on any atom is -0.480 e. The fraction of sp³-hybridized carbons (Fsp3) is 0.500. The molecule has 0 fully saturated rings. The Kier molecular flexibility index (Phi) is 5.70. The fourth-order valence-corrected chi connectivity index (χ4v) is 1.52. The van der Waals surface area contributed by atoms with Gasteiger partial charge in [0.25, 0.3) is 0 Å². The Balaban J connectivity index is 2.81. The molecular formula is C12H16N4O3. The van der Waals surface area contributed by atoms with Crippen LogP contribution in [0, 0.1) is 18.3 Å². The number of rotatable bonds is 7. The van der Waals surface area contributed by atoms with Gasteiger partial charge in [-0.15, -0.1) is 0 Å². The Morgan fingerprint density at radius 1 is 1.68 bits per heavy atom. The van der Waals surface area contributed by atoms with Crippen molar-refractivity contribution in [2.45, 2.75) is 25.8 Å². The van der Waals surface area contributed by atoms with E-state index in [0.717, 1.165) is 0 Å². The molecule has 0 aliphatic carbocycles. The largest absolute Gasteiger partial charge is 0.480 e. The summed E-state index contributed by atoms with van der Waals surface area (Å²) >= 11 is 0. The van der Waals surface area contributed by atoms with Crippen molar-refractivity contribution in [1.29, 1.82) is 5.26 Å². The number of hydrogen-bond donors (Lipinski definition) is 2. The van der Waals surface area contributed by atoms with Crippen LogP contribution in [0.3, 0.4) is 0 Å². The van der Waals surface area contributed by atoms with Gasteiger partial charge in [0.15, 0.2) is 0 Å². The molecule has 7 heteroatoms. The molecule has 7 nitrogen and oxygen atoms in total. The molecule has 0 amide bonds. The number of aromatic nitrogens is 2. The smallest absolute Gasteiger partial charge is 0.326 e. The highest BCUT2D eigenvalue weighted by atomic mass is 16.5. The van der Waals surface area contributed by atoms with Crippen molar-refractivity contribution >= 4 is 11.8 Å². The average molecular weight is 264 g/mol. The van der Waals surface area contributed by atoms with Gasteiger partial charge < -0.3 is 15.2 Å². The van der Waals surface area contributed by atoms with E-state index in [-0.39, 0.29) is 11.4 Å². The molecule has 1 aromatic rings. The van der Waals surface area contributed by atoms with Gasteiger partial charge in [0.05, 0.1) is 6.20 Å². The summed E-state index contributed by atoms with van der Waals surface area (Å²) in [5.41, 5.74) is 0.226. The summed E-state index contributed by atoms with van der Waals surface area (Å²) in [6.45, 7) is 2.16. The standard InChI is InChI=1S/C12H16N4O3/c1-8-14-7-9(6-13)11(15-8)16-10(12(17)18)4-3-5-19-2/h7,10H,3-5H2,1-2H3,(H,17,18)(H,14,15,16). The van der Waals surface area contributed by atoms with Crippen molar-refractivity contribution in [1.82, 2.24) is 9.97 Å². The zero-order valence-corrected chi connectivity index (χ0v) is 10.9. The first-order valence-corrected chi connectivity index (χ1v) is 5.80. The van der Waals surface area contributed by atoms with Gasteiger partial charge in [-0.1, -0.05) is 0 Å². The van der Waals surface area contributed by atoms with E-state index >= 15 is 0 Å². The molecule has 1 atom stereocenters. The van der Waals surface area contributed by atoms with E-state index < -0.39 is 12.0 Å². The van der Waals surface area contributed by atoms with Crippen LogP contribution in [0.4, 0.5) is 5.82 Å². The number of carboxylic acid groups (broad SMARTS) is 1. The first-order chi connectivity index (χ1) is 9.08. The van der Waals surface area contributed by atoms with Gasteiger partial charge >= 0.3 is 5.97 Å². The molecule has 0 radical (unpaired) electrons. The molecule has 0 aromatic carbocycles. The van der Waals surface area contributed by atoms with E-state index in [0.29, 0.717) is 25.3 Å².